The molecule has 0 N–H and O–H groups in total. The van der Waals surface area contributed by atoms with Gasteiger partial charge < -0.3 is 9.64 Å². The third-order valence-corrected chi connectivity index (χ3v) is 2.58. The van der Waals surface area contributed by atoms with Crippen molar-refractivity contribution >= 4 is 11.6 Å². The minimum absolute atomic E-state index is 0.00138. The molecule has 0 aliphatic carbocycles. The van der Waals surface area contributed by atoms with Crippen molar-refractivity contribution in [2.24, 2.45) is 0 Å². The van der Waals surface area contributed by atoms with Crippen molar-refractivity contribution < 1.29 is 9.53 Å². The van der Waals surface area contributed by atoms with Crippen LogP contribution >= 0.6 is 0 Å². The largest absolute Gasteiger partial charge is 0.378 e. The third kappa shape index (κ3) is 2.19. The van der Waals surface area contributed by atoms with Crippen molar-refractivity contribution in [1.82, 2.24) is 9.97 Å². The first-order chi connectivity index (χ1) is 7.68. The zero-order valence-corrected chi connectivity index (χ0v) is 9.56. The van der Waals surface area contributed by atoms with E-state index in [0.717, 1.165) is 18.9 Å². The van der Waals surface area contributed by atoms with E-state index in [1.165, 1.54) is 6.92 Å². The van der Waals surface area contributed by atoms with E-state index in [4.69, 9.17) is 4.74 Å². The molecule has 0 unspecified atom stereocenters. The van der Waals surface area contributed by atoms with E-state index in [0.29, 0.717) is 24.6 Å². The summed E-state index contributed by atoms with van der Waals surface area (Å²) >= 11 is 0. The van der Waals surface area contributed by atoms with Crippen LogP contribution in [0.25, 0.3) is 0 Å². The molecule has 0 bridgehead atoms. The Bertz CT molecular complexity index is 400. The van der Waals surface area contributed by atoms with E-state index in [1.54, 1.807) is 6.20 Å². The average molecular weight is 221 g/mol. The number of aryl methyl sites for hydroxylation is 1. The number of morpholine rings is 1. The predicted octanol–water partition coefficient (Wildman–Crippen LogP) is 0.824. The molecule has 86 valence electrons. The molecule has 2 heterocycles. The van der Waals surface area contributed by atoms with Crippen molar-refractivity contribution in [2.45, 2.75) is 13.8 Å². The van der Waals surface area contributed by atoms with Crippen LogP contribution in [0.1, 0.15) is 23.1 Å². The second-order valence-corrected chi connectivity index (χ2v) is 3.81. The van der Waals surface area contributed by atoms with Gasteiger partial charge >= 0.3 is 0 Å². The highest BCUT2D eigenvalue weighted by Crippen LogP contribution is 2.18. The molecule has 1 aromatic rings. The van der Waals surface area contributed by atoms with Gasteiger partial charge in [0.2, 0.25) is 0 Å². The van der Waals surface area contributed by atoms with Crippen LogP contribution in [0.2, 0.25) is 0 Å². The minimum atomic E-state index is 0.00138. The molecule has 0 amide bonds. The Hall–Kier alpha value is -1.49. The van der Waals surface area contributed by atoms with Crippen molar-refractivity contribution in [3.05, 3.63) is 17.6 Å². The smallest absolute Gasteiger partial charge is 0.165 e. The summed E-state index contributed by atoms with van der Waals surface area (Å²) in [6.45, 7) is 6.28. The molecular formula is C11H15N3O2. The fraction of sp³-hybridized carbons (Fsp3) is 0.545. The molecule has 0 aromatic carbocycles. The lowest BCUT2D eigenvalue weighted by Gasteiger charge is -2.29. The van der Waals surface area contributed by atoms with Crippen molar-refractivity contribution in [3.8, 4) is 0 Å². The van der Waals surface area contributed by atoms with Gasteiger partial charge in [-0.1, -0.05) is 0 Å². The molecule has 1 aromatic heterocycles. The van der Waals surface area contributed by atoms with Gasteiger partial charge in [0, 0.05) is 19.3 Å². The van der Waals surface area contributed by atoms with E-state index < -0.39 is 0 Å². The van der Waals surface area contributed by atoms with Crippen LogP contribution in [0.3, 0.4) is 0 Å². The van der Waals surface area contributed by atoms with E-state index in [9.17, 15) is 4.79 Å². The molecule has 0 atom stereocenters. The number of nitrogens with zero attached hydrogens (tertiary/aromatic N) is 3. The predicted molar refractivity (Wildman–Crippen MR) is 59.8 cm³/mol. The first-order valence-corrected chi connectivity index (χ1v) is 5.36. The molecule has 0 radical (unpaired) electrons. The standard InChI is InChI=1S/C11H15N3O2/c1-8(15)10-7-12-9(2)13-11(10)14-3-5-16-6-4-14/h7H,3-6H2,1-2H3. The molecule has 5 nitrogen and oxygen atoms in total. The van der Waals surface area contributed by atoms with Gasteiger partial charge in [0.25, 0.3) is 0 Å². The topological polar surface area (TPSA) is 55.3 Å². The molecule has 1 aliphatic rings. The maximum atomic E-state index is 11.5. The Morgan fingerprint density at radius 3 is 2.75 bits per heavy atom. The molecule has 1 fully saturated rings. The van der Waals surface area contributed by atoms with Gasteiger partial charge in [-0.15, -0.1) is 0 Å². The van der Waals surface area contributed by atoms with E-state index in [-0.39, 0.29) is 5.78 Å². The molecule has 1 aliphatic heterocycles. The van der Waals surface area contributed by atoms with Crippen LogP contribution < -0.4 is 4.90 Å². The van der Waals surface area contributed by atoms with Crippen LogP contribution in [0.5, 0.6) is 0 Å². The Labute approximate surface area is 94.5 Å². The molecule has 16 heavy (non-hydrogen) atoms. The zero-order chi connectivity index (χ0) is 11.5. The van der Waals surface area contributed by atoms with Gasteiger partial charge in [-0.3, -0.25) is 4.79 Å². The lowest BCUT2D eigenvalue weighted by molar-refractivity contribution is 0.101. The minimum Gasteiger partial charge on any atom is -0.378 e. The second-order valence-electron chi connectivity index (χ2n) is 3.81. The SMILES string of the molecule is CC(=O)c1cnc(C)nc1N1CCOCC1. The highest BCUT2D eigenvalue weighted by Gasteiger charge is 2.18. The quantitative estimate of drug-likeness (QED) is 0.692. The van der Waals surface area contributed by atoms with E-state index in [1.807, 2.05) is 6.92 Å². The van der Waals surface area contributed by atoms with Gasteiger partial charge in [0.15, 0.2) is 5.78 Å². The molecule has 0 saturated carbocycles. The van der Waals surface area contributed by atoms with Gasteiger partial charge in [-0.05, 0) is 13.8 Å². The molecule has 1 saturated heterocycles. The summed E-state index contributed by atoms with van der Waals surface area (Å²) in [6.07, 6.45) is 1.61. The maximum absolute atomic E-state index is 11.5. The maximum Gasteiger partial charge on any atom is 0.165 e. The van der Waals surface area contributed by atoms with Gasteiger partial charge in [0.05, 0.1) is 18.8 Å². The van der Waals surface area contributed by atoms with Crippen LogP contribution in [0.15, 0.2) is 6.20 Å². The number of hydrogen-bond acceptors (Lipinski definition) is 5. The summed E-state index contributed by atoms with van der Waals surface area (Å²) in [5.41, 5.74) is 0.590. The normalized spacial score (nSPS) is 16.2. The van der Waals surface area contributed by atoms with Gasteiger partial charge in [-0.25, -0.2) is 9.97 Å². The van der Waals surface area contributed by atoms with Crippen molar-refractivity contribution in [1.29, 1.82) is 0 Å². The lowest BCUT2D eigenvalue weighted by Crippen LogP contribution is -2.37. The highest BCUT2D eigenvalue weighted by molar-refractivity contribution is 5.98. The van der Waals surface area contributed by atoms with Crippen LogP contribution in [0, 0.1) is 6.92 Å². The van der Waals surface area contributed by atoms with E-state index in [2.05, 4.69) is 14.9 Å². The number of ketones is 1. The summed E-state index contributed by atoms with van der Waals surface area (Å²) in [4.78, 5) is 22.0. The monoisotopic (exact) mass is 221 g/mol. The fourth-order valence-electron chi connectivity index (χ4n) is 1.72. The number of ether oxygens (including phenoxy) is 1. The molecular weight excluding hydrogens is 206 g/mol. The fourth-order valence-corrected chi connectivity index (χ4v) is 1.72. The number of anilines is 1. The summed E-state index contributed by atoms with van der Waals surface area (Å²) in [6, 6.07) is 0. The molecule has 0 spiro atoms. The third-order valence-electron chi connectivity index (χ3n) is 2.58. The van der Waals surface area contributed by atoms with Crippen molar-refractivity contribution in [2.75, 3.05) is 31.2 Å². The van der Waals surface area contributed by atoms with Crippen molar-refractivity contribution in [3.63, 3.8) is 0 Å². The Morgan fingerprint density at radius 2 is 2.12 bits per heavy atom. The van der Waals surface area contributed by atoms with Crippen LogP contribution in [-0.2, 0) is 4.74 Å². The zero-order valence-electron chi connectivity index (χ0n) is 9.56. The van der Waals surface area contributed by atoms with Crippen LogP contribution in [0.4, 0.5) is 5.82 Å². The number of Topliss-reactive ketones (excluding diaryl/α,β-unsaturated/α-hetero) is 1. The number of rotatable bonds is 2. The van der Waals surface area contributed by atoms with Gasteiger partial charge in [-0.2, -0.15) is 0 Å². The van der Waals surface area contributed by atoms with Gasteiger partial charge in [0.1, 0.15) is 11.6 Å². The Kier molecular flexibility index (Phi) is 3.14. The first kappa shape index (κ1) is 11.0. The highest BCUT2D eigenvalue weighted by atomic mass is 16.5. The average Bonchev–Trinajstić information content (AvgIpc) is 2.29. The number of hydrogen-bond donors (Lipinski definition) is 0. The summed E-state index contributed by atoms with van der Waals surface area (Å²) in [7, 11) is 0. The lowest BCUT2D eigenvalue weighted by atomic mass is 10.2. The molecule has 2 rings (SSSR count). The number of aromatic nitrogens is 2. The Morgan fingerprint density at radius 1 is 1.44 bits per heavy atom. The van der Waals surface area contributed by atoms with Crippen LogP contribution in [-0.4, -0.2) is 42.1 Å². The number of carbonyl (C=O) groups is 1. The summed E-state index contributed by atoms with van der Waals surface area (Å²) in [5.74, 6) is 1.43. The van der Waals surface area contributed by atoms with E-state index >= 15 is 0 Å². The Balaban J connectivity index is 2.36. The first-order valence-electron chi connectivity index (χ1n) is 5.36. The second kappa shape index (κ2) is 4.57. The number of carbonyl (C=O) groups excluding carboxylic acids is 1. The summed E-state index contributed by atoms with van der Waals surface area (Å²) in [5, 5.41) is 0. The molecule has 5 heteroatoms. The summed E-state index contributed by atoms with van der Waals surface area (Å²) < 4.78 is 5.28.